The molecule has 1 aromatic rings. The first-order valence-electron chi connectivity index (χ1n) is 6.64. The van der Waals surface area contributed by atoms with Gasteiger partial charge in [0.1, 0.15) is 11.4 Å². The van der Waals surface area contributed by atoms with Crippen LogP contribution in [0.4, 0.5) is 4.39 Å². The Morgan fingerprint density at radius 2 is 2.10 bits per heavy atom. The van der Waals surface area contributed by atoms with Crippen LogP contribution in [0.3, 0.4) is 0 Å². The highest BCUT2D eigenvalue weighted by molar-refractivity contribution is 5.96. The Bertz CT molecular complexity index is 557. The first kappa shape index (κ1) is 14.5. The summed E-state index contributed by atoms with van der Waals surface area (Å²) in [5.74, 6) is -0.679. The number of likely N-dealkylation sites (tertiary alicyclic amines) is 1. The van der Waals surface area contributed by atoms with Gasteiger partial charge in [0.15, 0.2) is 0 Å². The fraction of sp³-hybridized carbons (Fsp3) is 0.467. The average molecular weight is 275 g/mol. The number of benzene rings is 1. The van der Waals surface area contributed by atoms with Gasteiger partial charge in [-0.25, -0.2) is 4.39 Å². The molecule has 0 spiro atoms. The van der Waals surface area contributed by atoms with E-state index in [1.807, 2.05) is 7.05 Å². The number of hydrogen-bond acceptors (Lipinski definition) is 3. The third kappa shape index (κ3) is 2.97. The van der Waals surface area contributed by atoms with E-state index in [9.17, 15) is 14.4 Å². The molecule has 1 fully saturated rings. The molecule has 0 unspecified atom stereocenters. The number of carbonyl (C=O) groups excluding carboxylic acids is 1. The fourth-order valence-electron chi connectivity index (χ4n) is 2.43. The topological polar surface area (TPSA) is 56.1 Å². The van der Waals surface area contributed by atoms with Crippen molar-refractivity contribution in [1.29, 1.82) is 5.26 Å². The summed E-state index contributed by atoms with van der Waals surface area (Å²) in [7, 11) is 1.99. The largest absolute Gasteiger partial charge is 0.334 e. The van der Waals surface area contributed by atoms with Crippen molar-refractivity contribution in [2.75, 3.05) is 20.1 Å². The number of piperidine rings is 1. The fourth-order valence-corrected chi connectivity index (χ4v) is 2.43. The number of nitrogens with one attached hydrogen (secondary N) is 1. The highest BCUT2D eigenvalue weighted by Crippen LogP contribution is 2.22. The third-order valence-electron chi connectivity index (χ3n) is 3.84. The second-order valence-electron chi connectivity index (χ2n) is 5.41. The Morgan fingerprint density at radius 1 is 1.45 bits per heavy atom. The molecule has 0 aliphatic carbocycles. The molecule has 0 saturated carbocycles. The molecule has 2 rings (SSSR count). The van der Waals surface area contributed by atoms with E-state index in [2.05, 4.69) is 16.3 Å². The molecule has 5 heteroatoms. The van der Waals surface area contributed by atoms with Crippen molar-refractivity contribution >= 4 is 5.91 Å². The molecule has 0 aromatic heterocycles. The molecule has 0 bridgehead atoms. The van der Waals surface area contributed by atoms with Crippen molar-refractivity contribution < 1.29 is 9.18 Å². The van der Waals surface area contributed by atoms with Gasteiger partial charge in [-0.3, -0.25) is 4.79 Å². The van der Waals surface area contributed by atoms with Crippen LogP contribution in [0.15, 0.2) is 18.2 Å². The van der Waals surface area contributed by atoms with Crippen molar-refractivity contribution in [2.45, 2.75) is 25.3 Å². The zero-order chi connectivity index (χ0) is 14.8. The van der Waals surface area contributed by atoms with Crippen LogP contribution < -0.4 is 5.32 Å². The second-order valence-corrected chi connectivity index (χ2v) is 5.41. The average Bonchev–Trinajstić information content (AvgIpc) is 2.41. The molecule has 1 saturated heterocycles. The molecule has 1 heterocycles. The van der Waals surface area contributed by atoms with Gasteiger partial charge < -0.3 is 10.2 Å². The van der Waals surface area contributed by atoms with Crippen LogP contribution in [0.25, 0.3) is 0 Å². The van der Waals surface area contributed by atoms with Crippen molar-refractivity contribution in [2.24, 2.45) is 0 Å². The zero-order valence-electron chi connectivity index (χ0n) is 11.7. The zero-order valence-corrected chi connectivity index (χ0v) is 11.7. The summed E-state index contributed by atoms with van der Waals surface area (Å²) in [6.07, 6.45) is 1.21. The standard InChI is InChI=1S/C15H18FN3O/c1-11-9-12(16)3-4-13(11)14(20)18-15(10-17)5-7-19(2)8-6-15/h3-4,9H,5-8H2,1-2H3,(H,18,20). The monoisotopic (exact) mass is 275 g/mol. The maximum absolute atomic E-state index is 13.1. The summed E-state index contributed by atoms with van der Waals surface area (Å²) in [5.41, 5.74) is 0.174. The molecule has 1 aliphatic heterocycles. The summed E-state index contributed by atoms with van der Waals surface area (Å²) < 4.78 is 13.1. The van der Waals surface area contributed by atoms with Crippen molar-refractivity contribution in [1.82, 2.24) is 10.2 Å². The van der Waals surface area contributed by atoms with E-state index in [1.165, 1.54) is 18.2 Å². The predicted molar refractivity (Wildman–Crippen MR) is 73.7 cm³/mol. The lowest BCUT2D eigenvalue weighted by Crippen LogP contribution is -2.53. The van der Waals surface area contributed by atoms with E-state index in [1.54, 1.807) is 6.92 Å². The predicted octanol–water partition coefficient (Wildman–Crippen LogP) is 1.85. The third-order valence-corrected chi connectivity index (χ3v) is 3.84. The first-order valence-corrected chi connectivity index (χ1v) is 6.64. The molecule has 4 nitrogen and oxygen atoms in total. The molecule has 1 amide bonds. The number of halogens is 1. The Balaban J connectivity index is 2.16. The molecule has 0 radical (unpaired) electrons. The van der Waals surface area contributed by atoms with Crippen molar-refractivity contribution in [3.63, 3.8) is 0 Å². The Hall–Kier alpha value is -1.93. The van der Waals surface area contributed by atoms with Crippen LogP contribution >= 0.6 is 0 Å². The van der Waals surface area contributed by atoms with Gasteiger partial charge in [0.25, 0.3) is 5.91 Å². The lowest BCUT2D eigenvalue weighted by Gasteiger charge is -2.36. The molecular weight excluding hydrogens is 257 g/mol. The smallest absolute Gasteiger partial charge is 0.252 e. The van der Waals surface area contributed by atoms with E-state index in [0.29, 0.717) is 24.0 Å². The maximum Gasteiger partial charge on any atom is 0.252 e. The molecular formula is C15H18FN3O. The number of carbonyl (C=O) groups is 1. The number of amides is 1. The lowest BCUT2D eigenvalue weighted by molar-refractivity contribution is 0.0881. The number of nitrogens with zero attached hydrogens (tertiary/aromatic N) is 2. The number of hydrogen-bond donors (Lipinski definition) is 1. The minimum atomic E-state index is -0.815. The number of nitriles is 1. The first-order chi connectivity index (χ1) is 9.46. The highest BCUT2D eigenvalue weighted by atomic mass is 19.1. The second kappa shape index (κ2) is 5.59. The summed E-state index contributed by atoms with van der Waals surface area (Å²) >= 11 is 0. The maximum atomic E-state index is 13.1. The quantitative estimate of drug-likeness (QED) is 0.896. The van der Waals surface area contributed by atoms with Crippen LogP contribution in [0.5, 0.6) is 0 Å². The minimum Gasteiger partial charge on any atom is -0.334 e. The lowest BCUT2D eigenvalue weighted by atomic mass is 9.88. The highest BCUT2D eigenvalue weighted by Gasteiger charge is 2.35. The van der Waals surface area contributed by atoms with Crippen LogP contribution in [0.1, 0.15) is 28.8 Å². The van der Waals surface area contributed by atoms with E-state index in [0.717, 1.165) is 13.1 Å². The molecule has 1 aromatic carbocycles. The summed E-state index contributed by atoms with van der Waals surface area (Å²) in [5, 5.41) is 12.2. The van der Waals surface area contributed by atoms with Crippen LogP contribution in [-0.2, 0) is 0 Å². The van der Waals surface area contributed by atoms with Gasteiger partial charge >= 0.3 is 0 Å². The van der Waals surface area contributed by atoms with E-state index >= 15 is 0 Å². The Labute approximate surface area is 118 Å². The Kier molecular flexibility index (Phi) is 4.05. The molecule has 106 valence electrons. The molecule has 1 N–H and O–H groups in total. The normalized spacial score (nSPS) is 18.3. The molecule has 20 heavy (non-hydrogen) atoms. The molecule has 1 aliphatic rings. The van der Waals surface area contributed by atoms with Gasteiger partial charge in [-0.2, -0.15) is 5.26 Å². The van der Waals surface area contributed by atoms with Crippen LogP contribution in [0.2, 0.25) is 0 Å². The summed E-state index contributed by atoms with van der Waals surface area (Å²) in [6, 6.07) is 6.28. The van der Waals surface area contributed by atoms with Gasteiger partial charge in [0.05, 0.1) is 6.07 Å². The summed E-state index contributed by atoms with van der Waals surface area (Å²) in [6.45, 7) is 3.23. The van der Waals surface area contributed by atoms with Crippen molar-refractivity contribution in [3.8, 4) is 6.07 Å². The van der Waals surface area contributed by atoms with Gasteiger partial charge in [0, 0.05) is 18.7 Å². The van der Waals surface area contributed by atoms with Crippen LogP contribution in [-0.4, -0.2) is 36.5 Å². The van der Waals surface area contributed by atoms with E-state index in [4.69, 9.17) is 0 Å². The summed E-state index contributed by atoms with van der Waals surface area (Å²) in [4.78, 5) is 14.4. The van der Waals surface area contributed by atoms with Gasteiger partial charge in [-0.1, -0.05) is 0 Å². The van der Waals surface area contributed by atoms with Gasteiger partial charge in [-0.05, 0) is 50.6 Å². The van der Waals surface area contributed by atoms with Gasteiger partial charge in [0.2, 0.25) is 0 Å². The number of aryl methyl sites for hydroxylation is 1. The van der Waals surface area contributed by atoms with E-state index in [-0.39, 0.29) is 11.7 Å². The van der Waals surface area contributed by atoms with Gasteiger partial charge in [-0.15, -0.1) is 0 Å². The van der Waals surface area contributed by atoms with Crippen LogP contribution in [0, 0.1) is 24.1 Å². The minimum absolute atomic E-state index is 0.311. The van der Waals surface area contributed by atoms with Crippen molar-refractivity contribution in [3.05, 3.63) is 35.1 Å². The number of rotatable bonds is 2. The molecule has 0 atom stereocenters. The van der Waals surface area contributed by atoms with E-state index < -0.39 is 5.54 Å². The Morgan fingerprint density at radius 3 is 2.65 bits per heavy atom. The SMILES string of the molecule is Cc1cc(F)ccc1C(=O)NC1(C#N)CCN(C)CC1.